The Labute approximate surface area is 125 Å². The first kappa shape index (κ1) is 13.3. The number of aromatic nitrogens is 2. The van der Waals surface area contributed by atoms with Crippen molar-refractivity contribution in [1.82, 2.24) is 9.55 Å². The fraction of sp³-hybridized carbons (Fsp3) is 0.200. The van der Waals surface area contributed by atoms with Gasteiger partial charge >= 0.3 is 0 Å². The summed E-state index contributed by atoms with van der Waals surface area (Å²) in [6.45, 7) is 2.86. The van der Waals surface area contributed by atoms with E-state index in [9.17, 15) is 4.79 Å². The van der Waals surface area contributed by atoms with E-state index in [4.69, 9.17) is 11.6 Å². The summed E-state index contributed by atoms with van der Waals surface area (Å²) in [6.07, 6.45) is 0.305. The summed E-state index contributed by atoms with van der Waals surface area (Å²) in [5, 5.41) is 0. The summed E-state index contributed by atoms with van der Waals surface area (Å²) in [5.74, 6) is 0.870. The number of fused-ring (bicyclic) bond motifs is 1. The Morgan fingerprint density at radius 2 is 2.10 bits per heavy atom. The average Bonchev–Trinajstić information content (AvgIpc) is 3.01. The standard InChI is InChI=1S/C15H13ClN2OS/c1-2-18-11-6-4-3-5-10(11)17-15(18)9-12(19)13-7-8-14(16)20-13/h3-8H,2,9H2,1H3. The maximum Gasteiger partial charge on any atom is 0.180 e. The zero-order valence-electron chi connectivity index (χ0n) is 11.0. The highest BCUT2D eigenvalue weighted by molar-refractivity contribution is 7.18. The van der Waals surface area contributed by atoms with Crippen LogP contribution in [-0.4, -0.2) is 15.3 Å². The van der Waals surface area contributed by atoms with Gasteiger partial charge in [0.15, 0.2) is 5.78 Å². The number of hydrogen-bond acceptors (Lipinski definition) is 3. The Kier molecular flexibility index (Phi) is 3.59. The number of thiophene rings is 1. The number of hydrogen-bond donors (Lipinski definition) is 0. The van der Waals surface area contributed by atoms with Gasteiger partial charge in [0.25, 0.3) is 0 Å². The minimum atomic E-state index is 0.0620. The van der Waals surface area contributed by atoms with Crippen molar-refractivity contribution in [2.75, 3.05) is 0 Å². The van der Waals surface area contributed by atoms with E-state index < -0.39 is 0 Å². The minimum Gasteiger partial charge on any atom is -0.328 e. The molecule has 5 heteroatoms. The number of benzene rings is 1. The van der Waals surface area contributed by atoms with Crippen LogP contribution in [0.4, 0.5) is 0 Å². The first-order chi connectivity index (χ1) is 9.69. The van der Waals surface area contributed by atoms with E-state index in [0.717, 1.165) is 23.4 Å². The van der Waals surface area contributed by atoms with Crippen LogP contribution >= 0.6 is 22.9 Å². The molecule has 102 valence electrons. The second-order valence-corrected chi connectivity index (χ2v) is 6.18. The van der Waals surface area contributed by atoms with Crippen molar-refractivity contribution in [1.29, 1.82) is 0 Å². The summed E-state index contributed by atoms with van der Waals surface area (Å²) in [4.78, 5) is 17.5. The molecule has 0 aliphatic carbocycles. The maximum atomic E-state index is 12.3. The van der Waals surface area contributed by atoms with Crippen LogP contribution in [0.1, 0.15) is 22.4 Å². The van der Waals surface area contributed by atoms with E-state index in [2.05, 4.69) is 16.5 Å². The van der Waals surface area contributed by atoms with Crippen LogP contribution in [0, 0.1) is 0 Å². The van der Waals surface area contributed by atoms with Gasteiger partial charge in [-0.2, -0.15) is 0 Å². The van der Waals surface area contributed by atoms with E-state index in [1.165, 1.54) is 11.3 Å². The summed E-state index contributed by atoms with van der Waals surface area (Å²) in [7, 11) is 0. The number of imidazole rings is 1. The molecule has 0 atom stereocenters. The molecule has 0 fully saturated rings. The van der Waals surface area contributed by atoms with Gasteiger partial charge in [0.05, 0.1) is 26.7 Å². The molecule has 0 aliphatic heterocycles. The van der Waals surface area contributed by atoms with Gasteiger partial charge in [-0.3, -0.25) is 4.79 Å². The molecule has 0 amide bonds. The monoisotopic (exact) mass is 304 g/mol. The molecule has 0 radical (unpaired) electrons. The van der Waals surface area contributed by atoms with Gasteiger partial charge in [-0.15, -0.1) is 11.3 Å². The zero-order valence-corrected chi connectivity index (χ0v) is 12.5. The highest BCUT2D eigenvalue weighted by atomic mass is 35.5. The fourth-order valence-corrected chi connectivity index (χ4v) is 3.29. The smallest absolute Gasteiger partial charge is 0.180 e. The predicted molar refractivity (Wildman–Crippen MR) is 82.8 cm³/mol. The number of ketones is 1. The van der Waals surface area contributed by atoms with Gasteiger partial charge in [0, 0.05) is 6.54 Å². The molecular weight excluding hydrogens is 292 g/mol. The zero-order chi connectivity index (χ0) is 14.1. The van der Waals surface area contributed by atoms with E-state index in [1.807, 2.05) is 24.3 Å². The number of rotatable bonds is 4. The molecule has 3 rings (SSSR count). The highest BCUT2D eigenvalue weighted by Gasteiger charge is 2.15. The van der Waals surface area contributed by atoms with E-state index in [0.29, 0.717) is 15.6 Å². The van der Waals surface area contributed by atoms with Crippen LogP contribution in [0.25, 0.3) is 11.0 Å². The maximum absolute atomic E-state index is 12.3. The SMILES string of the molecule is CCn1c(CC(=O)c2ccc(Cl)s2)nc2ccccc21. The van der Waals surface area contributed by atoms with Crippen molar-refractivity contribution in [3.63, 3.8) is 0 Å². The van der Waals surface area contributed by atoms with Crippen molar-refractivity contribution < 1.29 is 4.79 Å². The lowest BCUT2D eigenvalue weighted by Crippen LogP contribution is -2.08. The van der Waals surface area contributed by atoms with Crippen molar-refractivity contribution in [3.05, 3.63) is 51.4 Å². The van der Waals surface area contributed by atoms with Crippen molar-refractivity contribution in [2.45, 2.75) is 19.9 Å². The third kappa shape index (κ3) is 2.37. The first-order valence-corrected chi connectivity index (χ1v) is 7.61. The van der Waals surface area contributed by atoms with Crippen LogP contribution in [0.15, 0.2) is 36.4 Å². The number of carbonyl (C=O) groups is 1. The molecule has 0 spiro atoms. The molecule has 3 aromatic rings. The predicted octanol–water partition coefficient (Wildman–Crippen LogP) is 4.20. The average molecular weight is 305 g/mol. The third-order valence-electron chi connectivity index (χ3n) is 3.22. The highest BCUT2D eigenvalue weighted by Crippen LogP contribution is 2.23. The molecule has 2 aromatic heterocycles. The van der Waals surface area contributed by atoms with Crippen LogP contribution in [0.5, 0.6) is 0 Å². The molecule has 0 saturated carbocycles. The molecule has 0 aliphatic rings. The number of carbonyl (C=O) groups excluding carboxylic acids is 1. The summed E-state index contributed by atoms with van der Waals surface area (Å²) in [6, 6.07) is 11.5. The van der Waals surface area contributed by atoms with E-state index >= 15 is 0 Å². The normalized spacial score (nSPS) is 11.1. The molecule has 20 heavy (non-hydrogen) atoms. The molecule has 1 aromatic carbocycles. The van der Waals surface area contributed by atoms with Crippen LogP contribution in [-0.2, 0) is 13.0 Å². The first-order valence-electron chi connectivity index (χ1n) is 6.41. The van der Waals surface area contributed by atoms with Crippen molar-refractivity contribution in [2.24, 2.45) is 0 Å². The summed E-state index contributed by atoms with van der Waals surface area (Å²) in [5.41, 5.74) is 2.00. The Hall–Kier alpha value is -1.65. The molecule has 2 heterocycles. The molecule has 0 unspecified atom stereocenters. The molecule has 0 bridgehead atoms. The lowest BCUT2D eigenvalue weighted by molar-refractivity contribution is 0.0994. The molecule has 0 N–H and O–H groups in total. The fourth-order valence-electron chi connectivity index (χ4n) is 2.31. The largest absolute Gasteiger partial charge is 0.328 e. The van der Waals surface area contributed by atoms with Gasteiger partial charge in [0.1, 0.15) is 5.82 Å². The second kappa shape index (κ2) is 5.38. The van der Waals surface area contributed by atoms with Crippen LogP contribution in [0.2, 0.25) is 4.34 Å². The topological polar surface area (TPSA) is 34.9 Å². The van der Waals surface area contributed by atoms with Crippen molar-refractivity contribution >= 4 is 39.8 Å². The van der Waals surface area contributed by atoms with Gasteiger partial charge in [-0.1, -0.05) is 23.7 Å². The number of para-hydroxylation sites is 2. The second-order valence-electron chi connectivity index (χ2n) is 4.46. The Bertz CT molecular complexity index is 775. The quantitative estimate of drug-likeness (QED) is 0.677. The third-order valence-corrected chi connectivity index (χ3v) is 4.49. The minimum absolute atomic E-state index is 0.0620. The van der Waals surface area contributed by atoms with Crippen LogP contribution in [0.3, 0.4) is 0 Å². The lowest BCUT2D eigenvalue weighted by Gasteiger charge is -2.04. The molecular formula is C15H13ClN2OS. The van der Waals surface area contributed by atoms with Gasteiger partial charge < -0.3 is 4.57 Å². The van der Waals surface area contributed by atoms with Gasteiger partial charge in [-0.25, -0.2) is 4.98 Å². The number of Topliss-reactive ketones (excluding diaryl/α,β-unsaturated/α-hetero) is 1. The lowest BCUT2D eigenvalue weighted by atomic mass is 10.2. The summed E-state index contributed by atoms with van der Waals surface area (Å²) < 4.78 is 2.72. The number of nitrogens with zero attached hydrogens (tertiary/aromatic N) is 2. The summed E-state index contributed by atoms with van der Waals surface area (Å²) >= 11 is 7.19. The van der Waals surface area contributed by atoms with Gasteiger partial charge in [-0.05, 0) is 31.2 Å². The van der Waals surface area contributed by atoms with E-state index in [1.54, 1.807) is 12.1 Å². The van der Waals surface area contributed by atoms with Crippen LogP contribution < -0.4 is 0 Å². The Balaban J connectivity index is 1.96. The Morgan fingerprint density at radius 1 is 1.30 bits per heavy atom. The van der Waals surface area contributed by atoms with Gasteiger partial charge in [0.2, 0.25) is 0 Å². The number of halogens is 1. The molecule has 3 nitrogen and oxygen atoms in total. The molecule has 0 saturated heterocycles. The Morgan fingerprint density at radius 3 is 2.80 bits per heavy atom. The number of aryl methyl sites for hydroxylation is 1. The van der Waals surface area contributed by atoms with Crippen molar-refractivity contribution in [3.8, 4) is 0 Å². The van der Waals surface area contributed by atoms with E-state index in [-0.39, 0.29) is 5.78 Å².